The number of halogens is 1. The molecule has 2 atom stereocenters. The van der Waals surface area contributed by atoms with Crippen molar-refractivity contribution < 1.29 is 9.53 Å². The van der Waals surface area contributed by atoms with Crippen molar-refractivity contribution in [2.24, 2.45) is 0 Å². The number of rotatable bonds is 4. The quantitative estimate of drug-likeness (QED) is 0.864. The monoisotopic (exact) mass is 310 g/mol. The highest BCUT2D eigenvalue weighted by atomic mass is 35.5. The highest BCUT2D eigenvalue weighted by molar-refractivity contribution is 6.30. The number of methoxy groups -OCH3 is 1. The van der Waals surface area contributed by atoms with Gasteiger partial charge in [0.2, 0.25) is 0 Å². The first-order valence-electron chi connectivity index (χ1n) is 7.31. The fourth-order valence-electron chi connectivity index (χ4n) is 2.84. The summed E-state index contributed by atoms with van der Waals surface area (Å²) in [6.45, 7) is 6.77. The molecule has 0 saturated carbocycles. The smallest absolute Gasteiger partial charge is 0.323 e. The van der Waals surface area contributed by atoms with E-state index in [1.165, 1.54) is 7.11 Å². The molecular formula is C16H23ClN2O2. The molecule has 1 fully saturated rings. The van der Waals surface area contributed by atoms with Crippen molar-refractivity contribution in [3.8, 4) is 0 Å². The Hall–Kier alpha value is -1.10. The molecule has 1 N–H and O–H groups in total. The van der Waals surface area contributed by atoms with Crippen LogP contribution in [0.2, 0.25) is 5.02 Å². The second-order valence-electron chi connectivity index (χ2n) is 5.66. The lowest BCUT2D eigenvalue weighted by Gasteiger charge is -2.36. The number of hydrogen-bond donors (Lipinski definition) is 1. The summed E-state index contributed by atoms with van der Waals surface area (Å²) >= 11 is 6.00. The van der Waals surface area contributed by atoms with Crippen LogP contribution >= 0.6 is 11.6 Å². The second kappa shape index (κ2) is 7.25. The molecule has 0 amide bonds. The van der Waals surface area contributed by atoms with Crippen LogP contribution in [0.25, 0.3) is 0 Å². The normalized spacial score (nSPS) is 21.0. The van der Waals surface area contributed by atoms with Gasteiger partial charge in [-0.15, -0.1) is 0 Å². The van der Waals surface area contributed by atoms with Gasteiger partial charge in [-0.1, -0.05) is 17.7 Å². The molecule has 1 aliphatic heterocycles. The largest absolute Gasteiger partial charge is 0.468 e. The minimum absolute atomic E-state index is 0.168. The van der Waals surface area contributed by atoms with Gasteiger partial charge in [0.25, 0.3) is 0 Å². The maximum absolute atomic E-state index is 12.2. The minimum atomic E-state index is -0.237. The number of nitrogens with zero attached hydrogens (tertiary/aromatic N) is 1. The van der Waals surface area contributed by atoms with Gasteiger partial charge in [0, 0.05) is 30.7 Å². The minimum Gasteiger partial charge on any atom is -0.468 e. The van der Waals surface area contributed by atoms with Gasteiger partial charge in [-0.25, -0.2) is 0 Å². The lowest BCUT2D eigenvalue weighted by molar-refractivity contribution is -0.147. The first kappa shape index (κ1) is 16.3. The zero-order valence-electron chi connectivity index (χ0n) is 12.9. The van der Waals surface area contributed by atoms with Gasteiger partial charge in [0.05, 0.1) is 7.11 Å². The molecule has 116 valence electrons. The van der Waals surface area contributed by atoms with Crippen molar-refractivity contribution >= 4 is 17.6 Å². The number of piperazine rings is 1. The second-order valence-corrected chi connectivity index (χ2v) is 6.10. The van der Waals surface area contributed by atoms with E-state index in [0.717, 1.165) is 35.8 Å². The van der Waals surface area contributed by atoms with Crippen molar-refractivity contribution in [1.82, 2.24) is 10.2 Å². The van der Waals surface area contributed by atoms with E-state index in [1.54, 1.807) is 0 Å². The molecule has 1 aliphatic rings. The summed E-state index contributed by atoms with van der Waals surface area (Å²) < 4.78 is 5.01. The van der Waals surface area contributed by atoms with Crippen molar-refractivity contribution in [2.75, 3.05) is 26.7 Å². The Balaban J connectivity index is 2.18. The van der Waals surface area contributed by atoms with Gasteiger partial charge in [-0.2, -0.15) is 0 Å². The van der Waals surface area contributed by atoms with Gasteiger partial charge in [0.1, 0.15) is 6.04 Å². The van der Waals surface area contributed by atoms with Crippen molar-refractivity contribution in [3.63, 3.8) is 0 Å². The summed E-state index contributed by atoms with van der Waals surface area (Å²) in [5, 5.41) is 4.12. The Morgan fingerprint density at radius 1 is 1.57 bits per heavy atom. The maximum Gasteiger partial charge on any atom is 0.323 e. The van der Waals surface area contributed by atoms with E-state index in [2.05, 4.69) is 17.1 Å². The predicted octanol–water partition coefficient (Wildman–Crippen LogP) is 2.03. The highest BCUT2D eigenvalue weighted by Crippen LogP contribution is 2.19. The summed E-state index contributed by atoms with van der Waals surface area (Å²) in [7, 11) is 1.45. The van der Waals surface area contributed by atoms with Crippen LogP contribution in [0.15, 0.2) is 18.2 Å². The Labute approximate surface area is 131 Å². The summed E-state index contributed by atoms with van der Waals surface area (Å²) in [6, 6.07) is 5.96. The Morgan fingerprint density at radius 3 is 2.95 bits per heavy atom. The average Bonchev–Trinajstić information content (AvgIpc) is 2.45. The molecule has 0 spiro atoms. The van der Waals surface area contributed by atoms with Crippen LogP contribution in [-0.4, -0.2) is 49.7 Å². The Morgan fingerprint density at radius 2 is 2.33 bits per heavy atom. The number of hydrogen-bond acceptors (Lipinski definition) is 4. The van der Waals surface area contributed by atoms with Crippen LogP contribution in [0.1, 0.15) is 18.1 Å². The molecule has 2 rings (SSSR count). The number of aryl methyl sites for hydroxylation is 1. The lowest BCUT2D eigenvalue weighted by Crippen LogP contribution is -2.55. The number of carbonyl (C=O) groups is 1. The predicted molar refractivity (Wildman–Crippen MR) is 84.7 cm³/mol. The standard InChI is InChI=1S/C16H23ClN2O2/c1-11-8-14(17)5-4-13(11)9-15(16(20)21-3)19-7-6-18-12(2)10-19/h4-5,8,12,15,18H,6-7,9-10H2,1-3H3/t12-,15-/m0/s1. The first-order chi connectivity index (χ1) is 10.0. The number of carbonyl (C=O) groups excluding carboxylic acids is 1. The molecule has 4 nitrogen and oxygen atoms in total. The van der Waals surface area contributed by atoms with Crippen LogP contribution in [0.4, 0.5) is 0 Å². The fourth-order valence-corrected chi connectivity index (χ4v) is 3.07. The van der Waals surface area contributed by atoms with Gasteiger partial charge >= 0.3 is 5.97 Å². The van der Waals surface area contributed by atoms with Crippen LogP contribution < -0.4 is 5.32 Å². The zero-order chi connectivity index (χ0) is 15.4. The maximum atomic E-state index is 12.2. The Kier molecular flexibility index (Phi) is 5.62. The molecule has 21 heavy (non-hydrogen) atoms. The molecule has 1 saturated heterocycles. The summed E-state index contributed by atoms with van der Waals surface area (Å²) in [5.74, 6) is -0.168. The van der Waals surface area contributed by atoms with Crippen LogP contribution in [0.3, 0.4) is 0 Å². The molecule has 0 bridgehead atoms. The van der Waals surface area contributed by atoms with Gasteiger partial charge in [0.15, 0.2) is 0 Å². The van der Waals surface area contributed by atoms with Crippen molar-refractivity contribution in [3.05, 3.63) is 34.3 Å². The number of nitrogens with one attached hydrogen (secondary N) is 1. The number of ether oxygens (including phenoxy) is 1. The van der Waals surface area contributed by atoms with E-state index in [1.807, 2.05) is 25.1 Å². The van der Waals surface area contributed by atoms with Gasteiger partial charge in [-0.3, -0.25) is 9.69 Å². The van der Waals surface area contributed by atoms with E-state index in [4.69, 9.17) is 16.3 Å². The van der Waals surface area contributed by atoms with Crippen molar-refractivity contribution in [1.29, 1.82) is 0 Å². The zero-order valence-corrected chi connectivity index (χ0v) is 13.6. The summed E-state index contributed by atoms with van der Waals surface area (Å²) in [4.78, 5) is 14.4. The molecule has 5 heteroatoms. The first-order valence-corrected chi connectivity index (χ1v) is 7.69. The van der Waals surface area contributed by atoms with E-state index in [0.29, 0.717) is 12.5 Å². The van der Waals surface area contributed by atoms with Crippen LogP contribution in [-0.2, 0) is 16.0 Å². The third-order valence-corrected chi connectivity index (χ3v) is 4.27. The molecular weight excluding hydrogens is 288 g/mol. The van der Waals surface area contributed by atoms with E-state index in [9.17, 15) is 4.79 Å². The lowest BCUT2D eigenvalue weighted by atomic mass is 9.99. The molecule has 1 heterocycles. The third-order valence-electron chi connectivity index (χ3n) is 4.03. The van der Waals surface area contributed by atoms with Crippen LogP contribution in [0.5, 0.6) is 0 Å². The van der Waals surface area contributed by atoms with Gasteiger partial charge < -0.3 is 10.1 Å². The number of benzene rings is 1. The molecule has 1 aromatic rings. The summed E-state index contributed by atoms with van der Waals surface area (Å²) in [5.41, 5.74) is 2.25. The summed E-state index contributed by atoms with van der Waals surface area (Å²) in [6.07, 6.45) is 0.655. The van der Waals surface area contributed by atoms with Crippen LogP contribution in [0, 0.1) is 6.92 Å². The molecule has 0 aromatic heterocycles. The average molecular weight is 311 g/mol. The molecule has 0 unspecified atom stereocenters. The third kappa shape index (κ3) is 4.19. The molecule has 1 aromatic carbocycles. The number of esters is 1. The van der Waals surface area contributed by atoms with E-state index >= 15 is 0 Å². The van der Waals surface area contributed by atoms with Gasteiger partial charge in [-0.05, 0) is 43.5 Å². The van der Waals surface area contributed by atoms with Crippen molar-refractivity contribution in [2.45, 2.75) is 32.4 Å². The SMILES string of the molecule is COC(=O)[C@H](Cc1ccc(Cl)cc1C)N1CCN[C@@H](C)C1. The molecule has 0 radical (unpaired) electrons. The topological polar surface area (TPSA) is 41.6 Å². The van der Waals surface area contributed by atoms with E-state index in [-0.39, 0.29) is 12.0 Å². The fraction of sp³-hybridized carbons (Fsp3) is 0.562. The van der Waals surface area contributed by atoms with E-state index < -0.39 is 0 Å². The molecule has 0 aliphatic carbocycles. The Bertz CT molecular complexity index is 507. The highest BCUT2D eigenvalue weighted by Gasteiger charge is 2.30.